The van der Waals surface area contributed by atoms with E-state index in [1.54, 1.807) is 0 Å². The summed E-state index contributed by atoms with van der Waals surface area (Å²) in [6.07, 6.45) is 34.9. The number of hydrogen-bond donors (Lipinski definition) is 0. The molecule has 0 aliphatic carbocycles. The van der Waals surface area contributed by atoms with E-state index < -0.39 is 0 Å². The van der Waals surface area contributed by atoms with E-state index in [0.29, 0.717) is 0 Å². The summed E-state index contributed by atoms with van der Waals surface area (Å²) in [5, 5.41) is 0. The number of rotatable bonds is 19. The Bertz CT molecular complexity index is 337. The molecule has 1 heterocycles. The monoisotopic (exact) mass is 441 g/mol. The van der Waals surface area contributed by atoms with E-state index in [1.807, 2.05) is 0 Å². The second-order valence-electron chi connectivity index (χ2n) is 8.28. The summed E-state index contributed by atoms with van der Waals surface area (Å²) in [6, 6.07) is 0. The molecule has 1 aliphatic heterocycles. The van der Waals surface area contributed by atoms with E-state index in [0.717, 1.165) is 6.54 Å². The molecule has 0 fully saturated rings. The predicted molar refractivity (Wildman–Crippen MR) is 129 cm³/mol. The van der Waals surface area contributed by atoms with Gasteiger partial charge in [0, 0.05) is 13.1 Å². The minimum Gasteiger partial charge on any atom is -0.374 e. The molecule has 2 heteroatoms. The molecule has 1 rings (SSSR count). The standard InChI is InChI=1S/C25H47N.BrH/c1-2-3-4-5-6-7-8-9-10-11-12-13-14-15-16-17-18-20-23-26-24-21-19-22-25-26;/h19,21-22,24H,2-18,20,23,25H2,1H3;1H. The highest BCUT2D eigenvalue weighted by Crippen LogP contribution is 2.14. The molecule has 0 bridgehead atoms. The molecule has 0 atom stereocenters. The van der Waals surface area contributed by atoms with Gasteiger partial charge in [-0.05, 0) is 18.7 Å². The third-order valence-corrected chi connectivity index (χ3v) is 5.68. The fraction of sp³-hybridized carbons (Fsp3) is 0.840. The number of unbranched alkanes of at least 4 members (excludes halogenated alkanes) is 17. The van der Waals surface area contributed by atoms with Gasteiger partial charge < -0.3 is 4.90 Å². The van der Waals surface area contributed by atoms with Crippen LogP contribution in [-0.2, 0) is 0 Å². The van der Waals surface area contributed by atoms with E-state index in [-0.39, 0.29) is 17.0 Å². The molecule has 0 saturated carbocycles. The highest BCUT2D eigenvalue weighted by atomic mass is 79.9. The summed E-state index contributed by atoms with van der Waals surface area (Å²) < 4.78 is 0. The average Bonchev–Trinajstić information content (AvgIpc) is 2.68. The fourth-order valence-corrected chi connectivity index (χ4v) is 3.89. The Labute approximate surface area is 181 Å². The lowest BCUT2D eigenvalue weighted by Gasteiger charge is -2.20. The second kappa shape index (κ2) is 22.1. The summed E-state index contributed by atoms with van der Waals surface area (Å²) in [7, 11) is 0. The van der Waals surface area contributed by atoms with Crippen molar-refractivity contribution >= 4 is 17.0 Å². The van der Waals surface area contributed by atoms with Crippen LogP contribution in [0.4, 0.5) is 0 Å². The minimum atomic E-state index is 0. The first-order valence-electron chi connectivity index (χ1n) is 12.0. The Hall–Kier alpha value is -0.240. The molecule has 0 aromatic heterocycles. The summed E-state index contributed by atoms with van der Waals surface area (Å²) >= 11 is 0. The lowest BCUT2D eigenvalue weighted by Crippen LogP contribution is -2.19. The molecule has 0 spiro atoms. The molecule has 160 valence electrons. The van der Waals surface area contributed by atoms with Crippen LogP contribution in [0.3, 0.4) is 0 Å². The molecule has 27 heavy (non-hydrogen) atoms. The third-order valence-electron chi connectivity index (χ3n) is 5.68. The van der Waals surface area contributed by atoms with Gasteiger partial charge in [-0.25, -0.2) is 0 Å². The van der Waals surface area contributed by atoms with Gasteiger partial charge in [0.25, 0.3) is 0 Å². The molecule has 1 aliphatic rings. The van der Waals surface area contributed by atoms with Gasteiger partial charge in [-0.1, -0.05) is 128 Å². The van der Waals surface area contributed by atoms with Crippen molar-refractivity contribution in [3.05, 3.63) is 24.4 Å². The number of hydrogen-bond acceptors (Lipinski definition) is 1. The van der Waals surface area contributed by atoms with Gasteiger partial charge >= 0.3 is 0 Å². The highest BCUT2D eigenvalue weighted by Gasteiger charge is 1.99. The smallest absolute Gasteiger partial charge is 0.0357 e. The van der Waals surface area contributed by atoms with Crippen molar-refractivity contribution in [3.8, 4) is 0 Å². The molecule has 0 amide bonds. The highest BCUT2D eigenvalue weighted by molar-refractivity contribution is 8.93. The zero-order valence-corrected chi connectivity index (χ0v) is 20.0. The SMILES string of the molecule is Br.CCCCCCCCCCCCCCCCCCCCN1C=CC=CC1. The molecule has 0 saturated heterocycles. The molecule has 0 aromatic carbocycles. The Morgan fingerprint density at radius 2 is 0.963 bits per heavy atom. The number of halogens is 1. The normalized spacial score (nSPS) is 13.1. The Morgan fingerprint density at radius 3 is 1.33 bits per heavy atom. The molecule has 0 radical (unpaired) electrons. The van der Waals surface area contributed by atoms with Gasteiger partial charge in [-0.3, -0.25) is 0 Å². The zero-order valence-electron chi connectivity index (χ0n) is 18.3. The van der Waals surface area contributed by atoms with E-state index >= 15 is 0 Å². The maximum Gasteiger partial charge on any atom is 0.0357 e. The average molecular weight is 443 g/mol. The lowest BCUT2D eigenvalue weighted by molar-refractivity contribution is 0.392. The Morgan fingerprint density at radius 1 is 0.556 bits per heavy atom. The quantitative estimate of drug-likeness (QED) is 0.180. The van der Waals surface area contributed by atoms with Crippen LogP contribution in [-0.4, -0.2) is 18.0 Å². The third kappa shape index (κ3) is 18.9. The first kappa shape index (κ1) is 26.8. The van der Waals surface area contributed by atoms with Crippen molar-refractivity contribution < 1.29 is 0 Å². The van der Waals surface area contributed by atoms with Crippen LogP contribution in [0.5, 0.6) is 0 Å². The van der Waals surface area contributed by atoms with Crippen molar-refractivity contribution in [3.63, 3.8) is 0 Å². The van der Waals surface area contributed by atoms with Crippen molar-refractivity contribution in [2.24, 2.45) is 0 Å². The van der Waals surface area contributed by atoms with Crippen LogP contribution in [0.25, 0.3) is 0 Å². The molecule has 0 unspecified atom stereocenters. The van der Waals surface area contributed by atoms with Crippen LogP contribution < -0.4 is 0 Å². The van der Waals surface area contributed by atoms with E-state index in [1.165, 1.54) is 122 Å². The van der Waals surface area contributed by atoms with Crippen molar-refractivity contribution in [1.29, 1.82) is 0 Å². The predicted octanol–water partition coefficient (Wildman–Crippen LogP) is 8.99. The first-order chi connectivity index (χ1) is 12.9. The lowest BCUT2D eigenvalue weighted by atomic mass is 10.0. The van der Waals surface area contributed by atoms with Crippen LogP contribution >= 0.6 is 17.0 Å². The van der Waals surface area contributed by atoms with Gasteiger partial charge in [0.1, 0.15) is 0 Å². The molecular weight excluding hydrogens is 394 g/mol. The van der Waals surface area contributed by atoms with Gasteiger partial charge in [-0.15, -0.1) is 17.0 Å². The zero-order chi connectivity index (χ0) is 18.5. The number of nitrogens with zero attached hydrogens (tertiary/aromatic N) is 1. The fourth-order valence-electron chi connectivity index (χ4n) is 3.89. The minimum absolute atomic E-state index is 0. The van der Waals surface area contributed by atoms with E-state index in [9.17, 15) is 0 Å². The van der Waals surface area contributed by atoms with Gasteiger partial charge in [-0.2, -0.15) is 0 Å². The summed E-state index contributed by atoms with van der Waals surface area (Å²) in [6.45, 7) is 4.64. The van der Waals surface area contributed by atoms with Gasteiger partial charge in [0.05, 0.1) is 0 Å². The summed E-state index contributed by atoms with van der Waals surface area (Å²) in [4.78, 5) is 2.42. The molecule has 1 nitrogen and oxygen atoms in total. The molecular formula is C25H48BrN. The van der Waals surface area contributed by atoms with Crippen molar-refractivity contribution in [2.45, 2.75) is 122 Å². The summed E-state index contributed by atoms with van der Waals surface area (Å²) in [5.74, 6) is 0. The maximum absolute atomic E-state index is 2.42. The molecule has 0 N–H and O–H groups in total. The van der Waals surface area contributed by atoms with Crippen LogP contribution in [0, 0.1) is 0 Å². The topological polar surface area (TPSA) is 3.24 Å². The summed E-state index contributed by atoms with van der Waals surface area (Å²) in [5.41, 5.74) is 0. The molecule has 0 aromatic rings. The Balaban J connectivity index is 0.00000676. The van der Waals surface area contributed by atoms with Crippen molar-refractivity contribution in [2.75, 3.05) is 13.1 Å². The van der Waals surface area contributed by atoms with Gasteiger partial charge in [0.15, 0.2) is 0 Å². The van der Waals surface area contributed by atoms with Crippen molar-refractivity contribution in [1.82, 2.24) is 4.90 Å². The maximum atomic E-state index is 2.42. The Kier molecular flexibility index (Phi) is 21.9. The van der Waals surface area contributed by atoms with Crippen LogP contribution in [0.1, 0.15) is 122 Å². The van der Waals surface area contributed by atoms with E-state index in [4.69, 9.17) is 0 Å². The first-order valence-corrected chi connectivity index (χ1v) is 12.0. The van der Waals surface area contributed by atoms with Crippen LogP contribution in [0.2, 0.25) is 0 Å². The number of allylic oxidation sites excluding steroid dienone is 2. The van der Waals surface area contributed by atoms with E-state index in [2.05, 4.69) is 36.3 Å². The van der Waals surface area contributed by atoms with Crippen LogP contribution in [0.15, 0.2) is 24.4 Å². The largest absolute Gasteiger partial charge is 0.374 e. The van der Waals surface area contributed by atoms with Gasteiger partial charge in [0.2, 0.25) is 0 Å². The second-order valence-corrected chi connectivity index (χ2v) is 8.28.